The van der Waals surface area contributed by atoms with Gasteiger partial charge >= 0.3 is 0 Å². The van der Waals surface area contributed by atoms with Crippen molar-refractivity contribution in [2.24, 2.45) is 0 Å². The van der Waals surface area contributed by atoms with Crippen LogP contribution in [-0.2, 0) is 4.74 Å². The Labute approximate surface area is 54.5 Å². The smallest absolute Gasteiger partial charge is 0.0687 e. The van der Waals surface area contributed by atoms with Crippen LogP contribution < -0.4 is 0 Å². The molecule has 0 aromatic heterocycles. The van der Waals surface area contributed by atoms with Gasteiger partial charge in [0.15, 0.2) is 0 Å². The topological polar surface area (TPSA) is 12.5 Å². The minimum Gasteiger partial charge on any atom is -0.376 e. The van der Waals surface area contributed by atoms with Gasteiger partial charge in [-0.3, -0.25) is 0 Å². The van der Waals surface area contributed by atoms with E-state index in [4.69, 9.17) is 16.5 Å². The molecule has 1 heterocycles. The molecule has 0 aromatic rings. The van der Waals surface area contributed by atoms with Crippen molar-refractivity contribution in [3.05, 3.63) is 0 Å². The van der Waals surface area contributed by atoms with Crippen LogP contribution in [-0.4, -0.2) is 30.2 Å². The zero-order valence-corrected chi connectivity index (χ0v) is 5.69. The van der Waals surface area contributed by atoms with Crippen LogP contribution in [0.15, 0.2) is 0 Å². The van der Waals surface area contributed by atoms with E-state index in [1.54, 1.807) is 4.42 Å². The van der Waals surface area contributed by atoms with Crippen molar-refractivity contribution in [2.45, 2.75) is 13.0 Å². The lowest BCUT2D eigenvalue weighted by atomic mass is 10.3. The third-order valence-corrected chi connectivity index (χ3v) is 1.50. The molecule has 0 bridgehead atoms. The summed E-state index contributed by atoms with van der Waals surface area (Å²) < 4.78 is 6.98. The van der Waals surface area contributed by atoms with Crippen LogP contribution in [0.4, 0.5) is 0 Å². The van der Waals surface area contributed by atoms with E-state index < -0.39 is 0 Å². The van der Waals surface area contributed by atoms with Crippen LogP contribution in [0.3, 0.4) is 0 Å². The van der Waals surface area contributed by atoms with Crippen LogP contribution >= 0.6 is 11.8 Å². The second-order valence-electron chi connectivity index (χ2n) is 2.05. The first kappa shape index (κ1) is 6.33. The summed E-state index contributed by atoms with van der Waals surface area (Å²) in [6.45, 7) is 4.49. The summed E-state index contributed by atoms with van der Waals surface area (Å²) in [5, 5.41) is 0. The molecule has 0 aromatic carbocycles. The molecule has 8 heavy (non-hydrogen) atoms. The molecule has 1 unspecified atom stereocenters. The average Bonchev–Trinajstić information content (AvgIpc) is 1.64. The zero-order valence-electron chi connectivity index (χ0n) is 4.93. The van der Waals surface area contributed by atoms with Crippen molar-refractivity contribution in [2.75, 3.05) is 19.7 Å². The molecule has 1 atom stereocenters. The Morgan fingerprint density at radius 1 is 1.75 bits per heavy atom. The highest BCUT2D eigenvalue weighted by Gasteiger charge is 2.13. The molecule has 1 aliphatic rings. The fourth-order valence-electron chi connectivity index (χ4n) is 0.776. The maximum atomic E-state index is 5.66. The molecule has 3 heteroatoms. The lowest BCUT2D eigenvalue weighted by Crippen LogP contribution is -2.35. The Bertz CT molecular complexity index is 70.8. The number of morpholine rings is 1. The Balaban J connectivity index is 2.23. The number of hydrogen-bond acceptors (Lipinski definition) is 2. The summed E-state index contributed by atoms with van der Waals surface area (Å²) in [6.07, 6.45) is 0.307. The minimum absolute atomic E-state index is 0.307. The van der Waals surface area contributed by atoms with E-state index in [-0.39, 0.29) is 0 Å². The van der Waals surface area contributed by atoms with Crippen molar-refractivity contribution in [3.63, 3.8) is 0 Å². The first-order valence-corrected chi connectivity index (χ1v) is 3.15. The number of halogens is 1. The highest BCUT2D eigenvalue weighted by molar-refractivity contribution is 6.13. The van der Waals surface area contributed by atoms with Gasteiger partial charge in [0.1, 0.15) is 0 Å². The summed E-state index contributed by atoms with van der Waals surface area (Å²) in [7, 11) is 0. The van der Waals surface area contributed by atoms with Gasteiger partial charge in [-0.15, -0.1) is 0 Å². The summed E-state index contributed by atoms with van der Waals surface area (Å²) in [4.78, 5) is 0. The van der Waals surface area contributed by atoms with Gasteiger partial charge in [-0.1, -0.05) is 0 Å². The second kappa shape index (κ2) is 2.67. The predicted molar refractivity (Wildman–Crippen MR) is 32.8 cm³/mol. The summed E-state index contributed by atoms with van der Waals surface area (Å²) in [5.74, 6) is 0. The Hall–Kier alpha value is 0.210. The van der Waals surface area contributed by atoms with Gasteiger partial charge in [0.25, 0.3) is 0 Å². The number of rotatable bonds is 0. The van der Waals surface area contributed by atoms with Crippen LogP contribution in [0.25, 0.3) is 0 Å². The van der Waals surface area contributed by atoms with E-state index >= 15 is 0 Å². The highest BCUT2D eigenvalue weighted by atomic mass is 35.5. The molecule has 48 valence electrons. The van der Waals surface area contributed by atoms with E-state index in [2.05, 4.69) is 0 Å². The van der Waals surface area contributed by atoms with Gasteiger partial charge in [0, 0.05) is 13.1 Å². The summed E-state index contributed by atoms with van der Waals surface area (Å²) in [6, 6.07) is 0. The quantitative estimate of drug-likeness (QED) is 0.457. The predicted octanol–water partition coefficient (Wildman–Crippen LogP) is 0.861. The van der Waals surface area contributed by atoms with Gasteiger partial charge in [-0.2, -0.15) is 0 Å². The molecule has 2 nitrogen and oxygen atoms in total. The third kappa shape index (κ3) is 1.62. The van der Waals surface area contributed by atoms with Crippen molar-refractivity contribution in [3.8, 4) is 0 Å². The molecule has 1 saturated heterocycles. The molecule has 1 fully saturated rings. The van der Waals surface area contributed by atoms with Crippen LogP contribution in [0.5, 0.6) is 0 Å². The molecule has 0 saturated carbocycles. The fraction of sp³-hybridized carbons (Fsp3) is 1.00. The summed E-state index contributed by atoms with van der Waals surface area (Å²) in [5.41, 5.74) is 0. The standard InChI is InChI=1S/C5H10ClNO/c1-5-4-7(6)2-3-8-5/h5H,2-4H2,1H3. The van der Waals surface area contributed by atoms with Gasteiger partial charge in [-0.05, 0) is 18.7 Å². The fourth-order valence-corrected chi connectivity index (χ4v) is 1.04. The van der Waals surface area contributed by atoms with E-state index in [0.29, 0.717) is 6.10 Å². The maximum absolute atomic E-state index is 5.66. The van der Waals surface area contributed by atoms with Gasteiger partial charge in [-0.25, -0.2) is 4.42 Å². The zero-order chi connectivity index (χ0) is 5.98. The maximum Gasteiger partial charge on any atom is 0.0687 e. The Morgan fingerprint density at radius 2 is 2.50 bits per heavy atom. The monoisotopic (exact) mass is 135 g/mol. The molecule has 0 N–H and O–H groups in total. The Morgan fingerprint density at radius 3 is 2.88 bits per heavy atom. The average molecular weight is 136 g/mol. The second-order valence-corrected chi connectivity index (χ2v) is 2.53. The van der Waals surface area contributed by atoms with E-state index in [1.807, 2.05) is 6.92 Å². The molecular formula is C5H10ClNO. The molecule has 0 aliphatic carbocycles. The number of nitrogens with zero attached hydrogens (tertiary/aromatic N) is 1. The molecule has 0 amide bonds. The van der Waals surface area contributed by atoms with Gasteiger partial charge < -0.3 is 4.74 Å². The molecular weight excluding hydrogens is 126 g/mol. The molecule has 1 aliphatic heterocycles. The SMILES string of the molecule is CC1CN(Cl)CCO1. The normalized spacial score (nSPS) is 33.0. The lowest BCUT2D eigenvalue weighted by Gasteiger charge is -2.24. The van der Waals surface area contributed by atoms with Crippen molar-refractivity contribution < 1.29 is 4.74 Å². The molecule has 1 rings (SSSR count). The van der Waals surface area contributed by atoms with Crippen molar-refractivity contribution >= 4 is 11.8 Å². The van der Waals surface area contributed by atoms with Gasteiger partial charge in [0.05, 0.1) is 12.7 Å². The number of hydrogen-bond donors (Lipinski definition) is 0. The van der Waals surface area contributed by atoms with E-state index in [0.717, 1.165) is 19.7 Å². The largest absolute Gasteiger partial charge is 0.376 e. The first-order chi connectivity index (χ1) is 3.79. The van der Waals surface area contributed by atoms with Crippen molar-refractivity contribution in [1.29, 1.82) is 0 Å². The molecule has 0 spiro atoms. The van der Waals surface area contributed by atoms with E-state index in [9.17, 15) is 0 Å². The summed E-state index contributed by atoms with van der Waals surface area (Å²) >= 11 is 5.66. The van der Waals surface area contributed by atoms with Crippen molar-refractivity contribution in [1.82, 2.24) is 4.42 Å². The third-order valence-electron chi connectivity index (χ3n) is 1.19. The first-order valence-electron chi connectivity index (χ1n) is 2.81. The van der Waals surface area contributed by atoms with E-state index in [1.165, 1.54) is 0 Å². The van der Waals surface area contributed by atoms with Crippen LogP contribution in [0.1, 0.15) is 6.92 Å². The van der Waals surface area contributed by atoms with Crippen LogP contribution in [0, 0.1) is 0 Å². The molecule has 0 radical (unpaired) electrons. The Kier molecular flexibility index (Phi) is 2.11. The van der Waals surface area contributed by atoms with Crippen LogP contribution in [0.2, 0.25) is 0 Å². The highest BCUT2D eigenvalue weighted by Crippen LogP contribution is 2.05. The van der Waals surface area contributed by atoms with Gasteiger partial charge in [0.2, 0.25) is 0 Å². The number of ether oxygens (including phenoxy) is 1. The lowest BCUT2D eigenvalue weighted by molar-refractivity contribution is 0.0109. The minimum atomic E-state index is 0.307.